The van der Waals surface area contributed by atoms with E-state index in [2.05, 4.69) is 36.0 Å². The van der Waals surface area contributed by atoms with Gasteiger partial charge in [0.15, 0.2) is 5.13 Å². The molecule has 1 aromatic carbocycles. The average Bonchev–Trinajstić information content (AvgIpc) is 3.07. The topological polar surface area (TPSA) is 54.5 Å². The lowest BCUT2D eigenvalue weighted by atomic mass is 10.0. The van der Waals surface area contributed by atoms with Gasteiger partial charge in [-0.1, -0.05) is 20.8 Å². The highest BCUT2D eigenvalue weighted by molar-refractivity contribution is 7.13. The van der Waals surface area contributed by atoms with Gasteiger partial charge in [-0.05, 0) is 55.5 Å². The smallest absolute Gasteiger partial charge is 0.257 e. The Balaban J connectivity index is 1.52. The third-order valence-electron chi connectivity index (χ3n) is 4.60. The lowest BCUT2D eigenvalue weighted by Crippen LogP contribution is -2.33. The number of hydrogen-bond donors (Lipinski definition) is 1. The minimum atomic E-state index is -0.141. The Bertz CT molecular complexity index is 742. The molecule has 3 rings (SSSR count). The largest absolute Gasteiger partial charge is 0.493 e. The first-order valence-corrected chi connectivity index (χ1v) is 10.6. The maximum absolute atomic E-state index is 12.4. The van der Waals surface area contributed by atoms with Gasteiger partial charge in [0.2, 0.25) is 0 Å². The molecule has 0 saturated carbocycles. The molecule has 1 saturated heterocycles. The molecule has 2 aromatic rings. The molecule has 27 heavy (non-hydrogen) atoms. The summed E-state index contributed by atoms with van der Waals surface area (Å²) in [5, 5.41) is 5.60. The van der Waals surface area contributed by atoms with E-state index >= 15 is 0 Å². The number of thiazole rings is 1. The molecule has 1 N–H and O–H groups in total. The summed E-state index contributed by atoms with van der Waals surface area (Å²) in [6, 6.07) is 7.24. The minimum absolute atomic E-state index is 0.141. The van der Waals surface area contributed by atoms with E-state index in [1.165, 1.54) is 24.2 Å². The Morgan fingerprint density at radius 3 is 2.85 bits per heavy atom. The number of piperidine rings is 1. The number of amides is 1. The van der Waals surface area contributed by atoms with Crippen LogP contribution in [0.3, 0.4) is 0 Å². The van der Waals surface area contributed by atoms with Gasteiger partial charge in [0, 0.05) is 24.0 Å². The number of likely N-dealkylation sites (tertiary alicyclic amines) is 1. The molecule has 0 spiro atoms. The van der Waals surface area contributed by atoms with Crippen molar-refractivity contribution in [2.24, 2.45) is 11.8 Å². The summed E-state index contributed by atoms with van der Waals surface area (Å²) < 4.78 is 5.66. The number of nitrogens with zero attached hydrogens (tertiary/aromatic N) is 2. The van der Waals surface area contributed by atoms with Gasteiger partial charge >= 0.3 is 0 Å². The molecular weight excluding hydrogens is 358 g/mol. The monoisotopic (exact) mass is 387 g/mol. The first kappa shape index (κ1) is 19.8. The summed E-state index contributed by atoms with van der Waals surface area (Å²) >= 11 is 1.48. The van der Waals surface area contributed by atoms with Gasteiger partial charge in [-0.2, -0.15) is 0 Å². The van der Waals surface area contributed by atoms with Crippen LogP contribution >= 0.6 is 11.3 Å². The van der Waals surface area contributed by atoms with Gasteiger partial charge in [0.25, 0.3) is 5.91 Å². The number of carbonyl (C=O) groups excluding carboxylic acids is 1. The van der Waals surface area contributed by atoms with Crippen molar-refractivity contribution in [1.82, 2.24) is 9.88 Å². The number of rotatable bonds is 7. The van der Waals surface area contributed by atoms with Crippen LogP contribution in [0.1, 0.15) is 49.7 Å². The van der Waals surface area contributed by atoms with Crippen LogP contribution < -0.4 is 10.1 Å². The molecule has 2 heterocycles. The predicted octanol–water partition coefficient (Wildman–Crippen LogP) is 4.66. The maximum atomic E-state index is 12.4. The van der Waals surface area contributed by atoms with Crippen LogP contribution in [0.15, 0.2) is 29.6 Å². The van der Waals surface area contributed by atoms with E-state index in [4.69, 9.17) is 4.74 Å². The molecule has 1 aromatic heterocycles. The van der Waals surface area contributed by atoms with Gasteiger partial charge in [0.05, 0.1) is 12.3 Å². The maximum Gasteiger partial charge on any atom is 0.257 e. The molecule has 1 atom stereocenters. The normalized spacial score (nSPS) is 17.9. The van der Waals surface area contributed by atoms with Crippen molar-refractivity contribution in [2.75, 3.05) is 25.0 Å². The molecule has 1 amide bonds. The Kier molecular flexibility index (Phi) is 6.85. The lowest BCUT2D eigenvalue weighted by molar-refractivity contribution is 0.102. The molecular formula is C21H29N3O2S. The van der Waals surface area contributed by atoms with Crippen molar-refractivity contribution in [3.63, 3.8) is 0 Å². The second kappa shape index (κ2) is 9.33. The zero-order valence-electron chi connectivity index (χ0n) is 16.4. The van der Waals surface area contributed by atoms with Crippen LogP contribution in [0.4, 0.5) is 5.13 Å². The molecule has 0 bridgehead atoms. The molecule has 6 heteroatoms. The second-order valence-corrected chi connectivity index (χ2v) is 8.67. The number of ether oxygens (including phenoxy) is 1. The Hall–Kier alpha value is -1.92. The van der Waals surface area contributed by atoms with E-state index < -0.39 is 0 Å². The van der Waals surface area contributed by atoms with Crippen molar-refractivity contribution in [3.05, 3.63) is 40.9 Å². The van der Waals surface area contributed by atoms with E-state index in [0.717, 1.165) is 37.0 Å². The van der Waals surface area contributed by atoms with E-state index in [0.29, 0.717) is 23.2 Å². The molecule has 1 fully saturated rings. The van der Waals surface area contributed by atoms with Crippen LogP contribution in [0.2, 0.25) is 0 Å². The molecule has 1 aliphatic heterocycles. The van der Waals surface area contributed by atoms with Crippen LogP contribution in [-0.2, 0) is 6.54 Å². The highest BCUT2D eigenvalue weighted by Gasteiger charge is 2.17. The van der Waals surface area contributed by atoms with Gasteiger partial charge < -0.3 is 4.74 Å². The number of nitrogens with one attached hydrogen (secondary N) is 1. The molecule has 0 radical (unpaired) electrons. The summed E-state index contributed by atoms with van der Waals surface area (Å²) in [6.07, 6.45) is 2.57. The van der Waals surface area contributed by atoms with E-state index in [9.17, 15) is 4.79 Å². The number of hydrogen-bond acceptors (Lipinski definition) is 5. The second-order valence-electron chi connectivity index (χ2n) is 7.81. The van der Waals surface area contributed by atoms with E-state index in [-0.39, 0.29) is 5.91 Å². The predicted molar refractivity (Wildman–Crippen MR) is 111 cm³/mol. The van der Waals surface area contributed by atoms with Crippen molar-refractivity contribution >= 4 is 22.4 Å². The minimum Gasteiger partial charge on any atom is -0.493 e. The fraction of sp³-hybridized carbons (Fsp3) is 0.524. The standard InChI is InChI=1S/C21H29N3O2S/c1-15(2)13-26-19-8-6-17(7-9-19)20(25)23-21-22-18(14-27-21)12-24-10-4-5-16(3)11-24/h6-9,14-16H,4-5,10-13H2,1-3H3,(H,22,23,25)/t16-/m1/s1. The fourth-order valence-electron chi connectivity index (χ4n) is 3.23. The van der Waals surface area contributed by atoms with Crippen molar-refractivity contribution in [3.8, 4) is 5.75 Å². The van der Waals surface area contributed by atoms with E-state index in [1.807, 2.05) is 17.5 Å². The zero-order valence-corrected chi connectivity index (χ0v) is 17.2. The number of benzene rings is 1. The SMILES string of the molecule is CC(C)COc1ccc(C(=O)Nc2nc(CN3CCC[C@@H](C)C3)cs2)cc1. The Labute approximate surface area is 165 Å². The summed E-state index contributed by atoms with van der Waals surface area (Å²) in [6.45, 7) is 10.3. The number of anilines is 1. The summed E-state index contributed by atoms with van der Waals surface area (Å²) in [4.78, 5) is 19.5. The quantitative estimate of drug-likeness (QED) is 0.751. The van der Waals surface area contributed by atoms with Crippen LogP contribution in [0.25, 0.3) is 0 Å². The van der Waals surface area contributed by atoms with Crippen LogP contribution in [-0.4, -0.2) is 35.5 Å². The summed E-state index contributed by atoms with van der Waals surface area (Å²) in [7, 11) is 0. The average molecular weight is 388 g/mol. The molecule has 0 unspecified atom stereocenters. The molecule has 1 aliphatic rings. The van der Waals surface area contributed by atoms with Crippen molar-refractivity contribution < 1.29 is 9.53 Å². The first-order valence-electron chi connectivity index (χ1n) is 9.70. The molecule has 146 valence electrons. The van der Waals surface area contributed by atoms with Gasteiger partial charge in [-0.25, -0.2) is 4.98 Å². The molecule has 5 nitrogen and oxygen atoms in total. The first-order chi connectivity index (χ1) is 13.0. The summed E-state index contributed by atoms with van der Waals surface area (Å²) in [5.41, 5.74) is 1.63. The van der Waals surface area contributed by atoms with Gasteiger partial charge in [0.1, 0.15) is 5.75 Å². The van der Waals surface area contributed by atoms with Crippen molar-refractivity contribution in [2.45, 2.75) is 40.2 Å². The Morgan fingerprint density at radius 1 is 1.37 bits per heavy atom. The van der Waals surface area contributed by atoms with Gasteiger partial charge in [-0.3, -0.25) is 15.0 Å². The zero-order chi connectivity index (χ0) is 19.2. The number of carbonyl (C=O) groups is 1. The fourth-order valence-corrected chi connectivity index (χ4v) is 3.93. The highest BCUT2D eigenvalue weighted by Crippen LogP contribution is 2.22. The van der Waals surface area contributed by atoms with Gasteiger partial charge in [-0.15, -0.1) is 11.3 Å². The van der Waals surface area contributed by atoms with Crippen LogP contribution in [0.5, 0.6) is 5.75 Å². The van der Waals surface area contributed by atoms with Crippen LogP contribution in [0, 0.1) is 11.8 Å². The van der Waals surface area contributed by atoms with E-state index in [1.54, 1.807) is 12.1 Å². The molecule has 0 aliphatic carbocycles. The van der Waals surface area contributed by atoms with Crippen molar-refractivity contribution in [1.29, 1.82) is 0 Å². The third kappa shape index (κ3) is 6.04. The summed E-state index contributed by atoms with van der Waals surface area (Å²) in [5.74, 6) is 1.87. The highest BCUT2D eigenvalue weighted by atomic mass is 32.1. The third-order valence-corrected chi connectivity index (χ3v) is 5.41. The lowest BCUT2D eigenvalue weighted by Gasteiger charge is -2.30. The number of aromatic nitrogens is 1. The Morgan fingerprint density at radius 2 is 2.15 bits per heavy atom.